The summed E-state index contributed by atoms with van der Waals surface area (Å²) in [5.41, 5.74) is 2.81. The zero-order valence-corrected chi connectivity index (χ0v) is 21.4. The number of carbonyl (C=O) groups is 1. The first kappa shape index (κ1) is 25.9. The fraction of sp³-hybridized carbons (Fsp3) is 0.280. The van der Waals surface area contributed by atoms with Crippen molar-refractivity contribution in [2.75, 3.05) is 25.5 Å². The lowest BCUT2D eigenvalue weighted by Crippen LogP contribution is -2.38. The summed E-state index contributed by atoms with van der Waals surface area (Å²) in [6.45, 7) is 2.81. The number of nitrogens with two attached hydrogens (primary N) is 1. The highest BCUT2D eigenvalue weighted by molar-refractivity contribution is 7.89. The van der Waals surface area contributed by atoms with E-state index in [1.165, 1.54) is 31.5 Å². The van der Waals surface area contributed by atoms with Crippen LogP contribution in [0.1, 0.15) is 40.2 Å². The number of aromatic nitrogens is 1. The van der Waals surface area contributed by atoms with Crippen LogP contribution in [0.2, 0.25) is 5.02 Å². The Morgan fingerprint density at radius 2 is 1.83 bits per heavy atom. The first-order valence-electron chi connectivity index (χ1n) is 11.3. The van der Waals surface area contributed by atoms with Gasteiger partial charge in [0.25, 0.3) is 15.9 Å². The molecular weight excluding hydrogens is 507 g/mol. The number of carbonyl (C=O) groups excluding carboxylic acids is 1. The van der Waals surface area contributed by atoms with Crippen molar-refractivity contribution in [1.29, 1.82) is 0 Å². The Balaban J connectivity index is 1.61. The van der Waals surface area contributed by atoms with Gasteiger partial charge < -0.3 is 15.0 Å². The van der Waals surface area contributed by atoms with Gasteiger partial charge in [0.05, 0.1) is 23.4 Å². The molecule has 0 radical (unpaired) electrons. The lowest BCUT2D eigenvalue weighted by atomic mass is 9.89. The van der Waals surface area contributed by atoms with E-state index in [4.69, 9.17) is 21.5 Å². The molecular formula is C25H26ClFN4O4S. The first-order chi connectivity index (χ1) is 17.1. The lowest BCUT2D eigenvalue weighted by Gasteiger charge is -2.32. The van der Waals surface area contributed by atoms with Crippen LogP contribution in [0, 0.1) is 12.7 Å². The SMILES string of the molecule is COc1cc(C)c(Nc2cc(S(N)(=O)=O)ncc2C(=O)N2CCC(c3ccc(F)cc3)CC2)cc1Cl. The molecule has 3 aromatic rings. The molecule has 36 heavy (non-hydrogen) atoms. The second-order valence-corrected chi connectivity index (χ2v) is 10.6. The molecule has 1 amide bonds. The van der Waals surface area contributed by atoms with Crippen LogP contribution in [0.15, 0.2) is 53.7 Å². The third-order valence-corrected chi connectivity index (χ3v) is 7.39. The molecule has 1 aromatic heterocycles. The van der Waals surface area contributed by atoms with Crippen molar-refractivity contribution >= 4 is 38.9 Å². The number of likely N-dealkylation sites (tertiary alicyclic amines) is 1. The van der Waals surface area contributed by atoms with E-state index in [1.54, 1.807) is 29.2 Å². The maximum atomic E-state index is 13.5. The summed E-state index contributed by atoms with van der Waals surface area (Å²) >= 11 is 6.28. The zero-order chi connectivity index (χ0) is 26.0. The number of nitrogens with zero attached hydrogens (tertiary/aromatic N) is 2. The van der Waals surface area contributed by atoms with Gasteiger partial charge in [-0.15, -0.1) is 0 Å². The molecule has 2 heterocycles. The fourth-order valence-corrected chi connectivity index (χ4v) is 5.00. The Bertz CT molecular complexity index is 1390. The Morgan fingerprint density at radius 1 is 1.17 bits per heavy atom. The topological polar surface area (TPSA) is 115 Å². The first-order valence-corrected chi connectivity index (χ1v) is 13.2. The molecule has 1 aliphatic heterocycles. The van der Waals surface area contributed by atoms with Gasteiger partial charge in [-0.1, -0.05) is 23.7 Å². The summed E-state index contributed by atoms with van der Waals surface area (Å²) in [5, 5.41) is 8.39. The number of pyridine rings is 1. The van der Waals surface area contributed by atoms with Crippen molar-refractivity contribution in [1.82, 2.24) is 9.88 Å². The van der Waals surface area contributed by atoms with E-state index >= 15 is 0 Å². The third kappa shape index (κ3) is 5.61. The molecule has 1 saturated heterocycles. The van der Waals surface area contributed by atoms with Crippen LogP contribution >= 0.6 is 11.6 Å². The van der Waals surface area contributed by atoms with Gasteiger partial charge in [0.2, 0.25) is 0 Å². The molecule has 1 aliphatic rings. The van der Waals surface area contributed by atoms with Crippen LogP contribution in [-0.4, -0.2) is 44.4 Å². The Hall–Kier alpha value is -3.21. The van der Waals surface area contributed by atoms with Gasteiger partial charge >= 0.3 is 0 Å². The van der Waals surface area contributed by atoms with E-state index in [9.17, 15) is 17.6 Å². The van der Waals surface area contributed by atoms with Crippen LogP contribution in [-0.2, 0) is 10.0 Å². The second-order valence-electron chi connectivity index (χ2n) is 8.66. The highest BCUT2D eigenvalue weighted by Gasteiger charge is 2.27. The maximum absolute atomic E-state index is 13.5. The third-order valence-electron chi connectivity index (χ3n) is 6.29. The highest BCUT2D eigenvalue weighted by Crippen LogP contribution is 2.34. The number of anilines is 2. The molecule has 11 heteroatoms. The van der Waals surface area contributed by atoms with Crippen molar-refractivity contribution < 1.29 is 22.3 Å². The molecule has 0 atom stereocenters. The van der Waals surface area contributed by atoms with Gasteiger partial charge in [0.1, 0.15) is 11.6 Å². The molecule has 190 valence electrons. The molecule has 0 aliphatic carbocycles. The molecule has 8 nitrogen and oxygen atoms in total. The number of hydrogen-bond donors (Lipinski definition) is 2. The molecule has 1 fully saturated rings. The predicted octanol–water partition coefficient (Wildman–Crippen LogP) is 4.60. The van der Waals surface area contributed by atoms with E-state index < -0.39 is 10.0 Å². The number of methoxy groups -OCH3 is 1. The van der Waals surface area contributed by atoms with Gasteiger partial charge in [-0.25, -0.2) is 22.9 Å². The molecule has 0 bridgehead atoms. The van der Waals surface area contributed by atoms with Gasteiger partial charge in [-0.2, -0.15) is 0 Å². The standard InChI is InChI=1S/C25H26ClFN4O4S/c1-15-11-23(35-2)20(26)12-21(15)30-22-13-24(36(28,33)34)29-14-19(22)25(32)31-9-7-17(8-10-31)16-3-5-18(27)6-4-16/h3-6,11-14,17H,7-10H2,1-2H3,(H,29,30)(H2,28,33,34). The molecule has 0 unspecified atom stereocenters. The molecule has 0 saturated carbocycles. The highest BCUT2D eigenvalue weighted by atomic mass is 35.5. The largest absolute Gasteiger partial charge is 0.495 e. The summed E-state index contributed by atoms with van der Waals surface area (Å²) in [4.78, 5) is 19.1. The van der Waals surface area contributed by atoms with Gasteiger partial charge in [0, 0.05) is 31.0 Å². The molecule has 0 spiro atoms. The summed E-state index contributed by atoms with van der Waals surface area (Å²) in [6.07, 6.45) is 2.66. The van der Waals surface area contributed by atoms with Crippen LogP contribution < -0.4 is 15.2 Å². The number of aryl methyl sites for hydroxylation is 1. The molecule has 2 aromatic carbocycles. The van der Waals surface area contributed by atoms with Crippen LogP contribution in [0.3, 0.4) is 0 Å². The van der Waals surface area contributed by atoms with Gasteiger partial charge in [0.15, 0.2) is 5.03 Å². The quantitative estimate of drug-likeness (QED) is 0.479. The monoisotopic (exact) mass is 532 g/mol. The smallest absolute Gasteiger partial charge is 0.257 e. The molecule has 4 rings (SSSR count). The van der Waals surface area contributed by atoms with Gasteiger partial charge in [-0.3, -0.25) is 4.79 Å². The summed E-state index contributed by atoms with van der Waals surface area (Å²) in [6, 6.07) is 11.0. The van der Waals surface area contributed by atoms with E-state index in [0.29, 0.717) is 29.5 Å². The van der Waals surface area contributed by atoms with Crippen molar-refractivity contribution in [3.63, 3.8) is 0 Å². The number of amides is 1. The lowest BCUT2D eigenvalue weighted by molar-refractivity contribution is 0.0713. The van der Waals surface area contributed by atoms with E-state index in [2.05, 4.69) is 10.3 Å². The average molecular weight is 533 g/mol. The van der Waals surface area contributed by atoms with Crippen LogP contribution in [0.25, 0.3) is 0 Å². The minimum absolute atomic E-state index is 0.203. The number of sulfonamides is 1. The number of primary sulfonamides is 1. The predicted molar refractivity (Wildman–Crippen MR) is 136 cm³/mol. The minimum atomic E-state index is -4.10. The number of piperidine rings is 1. The second kappa shape index (κ2) is 10.4. The number of halogens is 2. The summed E-state index contributed by atoms with van der Waals surface area (Å²) < 4.78 is 42.4. The Labute approximate surface area is 214 Å². The number of nitrogens with one attached hydrogen (secondary N) is 1. The number of ether oxygens (including phenoxy) is 1. The Morgan fingerprint density at radius 3 is 2.44 bits per heavy atom. The normalized spacial score (nSPS) is 14.5. The Kier molecular flexibility index (Phi) is 7.49. The number of benzene rings is 2. The number of hydrogen-bond acceptors (Lipinski definition) is 6. The van der Waals surface area contributed by atoms with Crippen molar-refractivity contribution in [2.24, 2.45) is 5.14 Å². The fourth-order valence-electron chi connectivity index (χ4n) is 4.28. The minimum Gasteiger partial charge on any atom is -0.495 e. The number of rotatable bonds is 6. The van der Waals surface area contributed by atoms with E-state index in [1.807, 2.05) is 6.92 Å². The average Bonchev–Trinajstić information content (AvgIpc) is 2.85. The summed E-state index contributed by atoms with van der Waals surface area (Å²) in [5.74, 6) is 0.134. The van der Waals surface area contributed by atoms with Crippen LogP contribution in [0.4, 0.5) is 15.8 Å². The van der Waals surface area contributed by atoms with Crippen molar-refractivity contribution in [3.05, 3.63) is 76.2 Å². The van der Waals surface area contributed by atoms with Crippen molar-refractivity contribution in [2.45, 2.75) is 30.7 Å². The molecule has 3 N–H and O–H groups in total. The van der Waals surface area contributed by atoms with Crippen molar-refractivity contribution in [3.8, 4) is 5.75 Å². The van der Waals surface area contributed by atoms with Crippen LogP contribution in [0.5, 0.6) is 5.75 Å². The zero-order valence-electron chi connectivity index (χ0n) is 19.8. The maximum Gasteiger partial charge on any atom is 0.257 e. The summed E-state index contributed by atoms with van der Waals surface area (Å²) in [7, 11) is -2.60. The van der Waals surface area contributed by atoms with Gasteiger partial charge in [-0.05, 0) is 61.1 Å². The van der Waals surface area contributed by atoms with E-state index in [0.717, 1.165) is 24.0 Å². The van der Waals surface area contributed by atoms with E-state index in [-0.39, 0.29) is 33.9 Å².